The number of nitrogen functional groups attached to an aromatic ring is 1. The molecule has 0 radical (unpaired) electrons. The van der Waals surface area contributed by atoms with Crippen LogP contribution in [0.4, 0.5) is 15.8 Å². The maximum Gasteiger partial charge on any atom is 0.139 e. The second kappa shape index (κ2) is 8.35. The molecule has 0 aliphatic carbocycles. The predicted molar refractivity (Wildman–Crippen MR) is 79.1 cm³/mol. The van der Waals surface area contributed by atoms with Crippen molar-refractivity contribution in [3.8, 4) is 0 Å². The maximum atomic E-state index is 13.4. The van der Waals surface area contributed by atoms with Crippen LogP contribution in [-0.4, -0.2) is 40.5 Å². The molecule has 108 valence electrons. The normalized spacial score (nSPS) is 10.7. The van der Waals surface area contributed by atoms with Crippen molar-refractivity contribution in [2.45, 2.75) is 6.42 Å². The Morgan fingerprint density at radius 3 is 2.53 bits per heavy atom. The predicted octanol–water partition coefficient (Wildman–Crippen LogP) is 2.66. The van der Waals surface area contributed by atoms with Gasteiger partial charge in [-0.05, 0) is 28.4 Å². The van der Waals surface area contributed by atoms with E-state index in [1.807, 2.05) is 0 Å². The molecule has 0 aromatic heterocycles. The molecule has 19 heavy (non-hydrogen) atoms. The van der Waals surface area contributed by atoms with Crippen molar-refractivity contribution in [2.24, 2.45) is 0 Å². The summed E-state index contributed by atoms with van der Waals surface area (Å²) in [6, 6.07) is 3.03. The van der Waals surface area contributed by atoms with Crippen molar-refractivity contribution in [3.63, 3.8) is 0 Å². The second-order valence-electron chi connectivity index (χ2n) is 4.15. The first-order chi connectivity index (χ1) is 9.10. The fourth-order valence-electron chi connectivity index (χ4n) is 1.78. The van der Waals surface area contributed by atoms with Gasteiger partial charge in [-0.1, -0.05) is 0 Å². The molecule has 0 saturated carbocycles. The van der Waals surface area contributed by atoms with E-state index in [-0.39, 0.29) is 5.82 Å². The standard InChI is InChI=1S/C13H20BrFN2O2/c1-18-6-3-4-17(5-7-19-2)13-8-10(14)11(15)9-12(13)16/h8-9H,3-7,16H2,1-2H3. The fraction of sp³-hybridized carbons (Fsp3) is 0.538. The van der Waals surface area contributed by atoms with Crippen LogP contribution < -0.4 is 10.6 Å². The lowest BCUT2D eigenvalue weighted by Gasteiger charge is -2.26. The van der Waals surface area contributed by atoms with Gasteiger partial charge in [0, 0.05) is 40.0 Å². The molecule has 0 bridgehead atoms. The van der Waals surface area contributed by atoms with Gasteiger partial charge in [0.05, 0.1) is 22.5 Å². The van der Waals surface area contributed by atoms with E-state index >= 15 is 0 Å². The molecule has 1 aromatic carbocycles. The number of hydrogen-bond acceptors (Lipinski definition) is 4. The van der Waals surface area contributed by atoms with Gasteiger partial charge >= 0.3 is 0 Å². The molecule has 0 amide bonds. The molecule has 1 aromatic rings. The van der Waals surface area contributed by atoms with Gasteiger partial charge in [0.2, 0.25) is 0 Å². The van der Waals surface area contributed by atoms with Gasteiger partial charge < -0.3 is 20.1 Å². The van der Waals surface area contributed by atoms with Crippen LogP contribution in [0.5, 0.6) is 0 Å². The summed E-state index contributed by atoms with van der Waals surface area (Å²) in [5.41, 5.74) is 7.12. The highest BCUT2D eigenvalue weighted by atomic mass is 79.9. The van der Waals surface area contributed by atoms with E-state index in [0.29, 0.717) is 29.9 Å². The second-order valence-corrected chi connectivity index (χ2v) is 5.01. The number of rotatable bonds is 8. The zero-order valence-corrected chi connectivity index (χ0v) is 12.9. The molecule has 6 heteroatoms. The van der Waals surface area contributed by atoms with E-state index in [1.165, 1.54) is 6.07 Å². The number of nitrogens with two attached hydrogens (primary N) is 1. The number of nitrogens with zero attached hydrogens (tertiary/aromatic N) is 1. The highest BCUT2D eigenvalue weighted by Crippen LogP contribution is 2.29. The first-order valence-corrected chi connectivity index (χ1v) is 6.86. The van der Waals surface area contributed by atoms with Crippen molar-refractivity contribution in [3.05, 3.63) is 22.4 Å². The Bertz CT molecular complexity index is 404. The lowest BCUT2D eigenvalue weighted by atomic mass is 10.2. The molecule has 0 heterocycles. The quantitative estimate of drug-likeness (QED) is 0.586. The Hall–Kier alpha value is -0.850. The summed E-state index contributed by atoms with van der Waals surface area (Å²) in [7, 11) is 3.32. The maximum absolute atomic E-state index is 13.4. The van der Waals surface area contributed by atoms with Crippen molar-refractivity contribution in [1.29, 1.82) is 0 Å². The number of halogens is 2. The molecule has 0 aliphatic heterocycles. The van der Waals surface area contributed by atoms with Crippen LogP contribution in [0.1, 0.15) is 6.42 Å². The average Bonchev–Trinajstić information content (AvgIpc) is 2.38. The lowest BCUT2D eigenvalue weighted by Crippen LogP contribution is -2.29. The average molecular weight is 335 g/mol. The molecule has 4 nitrogen and oxygen atoms in total. The van der Waals surface area contributed by atoms with Gasteiger partial charge in [0.15, 0.2) is 0 Å². The summed E-state index contributed by atoms with van der Waals surface area (Å²) in [5, 5.41) is 0. The Labute approximate surface area is 121 Å². The van der Waals surface area contributed by atoms with Gasteiger partial charge in [0.1, 0.15) is 5.82 Å². The van der Waals surface area contributed by atoms with Gasteiger partial charge in [-0.25, -0.2) is 4.39 Å². The van der Waals surface area contributed by atoms with E-state index in [9.17, 15) is 4.39 Å². The molecule has 2 N–H and O–H groups in total. The van der Waals surface area contributed by atoms with Gasteiger partial charge in [0.25, 0.3) is 0 Å². The van der Waals surface area contributed by atoms with Crippen LogP contribution in [0.25, 0.3) is 0 Å². The molecule has 1 rings (SSSR count). The highest BCUT2D eigenvalue weighted by molar-refractivity contribution is 9.10. The minimum atomic E-state index is -0.357. The molecule has 0 saturated heterocycles. The summed E-state index contributed by atoms with van der Waals surface area (Å²) < 4.78 is 23.9. The first kappa shape index (κ1) is 16.2. The van der Waals surface area contributed by atoms with Crippen LogP contribution in [0.15, 0.2) is 16.6 Å². The third-order valence-electron chi connectivity index (χ3n) is 2.75. The Kier molecular flexibility index (Phi) is 7.12. The first-order valence-electron chi connectivity index (χ1n) is 6.07. The molecular formula is C13H20BrFN2O2. The van der Waals surface area contributed by atoms with Crippen LogP contribution >= 0.6 is 15.9 Å². The van der Waals surface area contributed by atoms with Crippen molar-refractivity contribution in [2.75, 3.05) is 51.2 Å². The molecule has 0 fully saturated rings. The third kappa shape index (κ3) is 4.97. The summed E-state index contributed by atoms with van der Waals surface area (Å²) >= 11 is 3.19. The molecule has 0 unspecified atom stereocenters. The molecular weight excluding hydrogens is 315 g/mol. The van der Waals surface area contributed by atoms with Crippen LogP contribution in [0.3, 0.4) is 0 Å². The third-order valence-corrected chi connectivity index (χ3v) is 3.36. The minimum absolute atomic E-state index is 0.357. The van der Waals surface area contributed by atoms with E-state index in [0.717, 1.165) is 18.7 Å². The van der Waals surface area contributed by atoms with E-state index in [4.69, 9.17) is 15.2 Å². The summed E-state index contributed by atoms with van der Waals surface area (Å²) in [4.78, 5) is 2.07. The van der Waals surface area contributed by atoms with Gasteiger partial charge in [-0.15, -0.1) is 0 Å². The number of anilines is 2. The SMILES string of the molecule is COCCCN(CCOC)c1cc(Br)c(F)cc1N. The number of hydrogen-bond donors (Lipinski definition) is 1. The van der Waals surface area contributed by atoms with Gasteiger partial charge in [-0.3, -0.25) is 0 Å². The number of ether oxygens (including phenoxy) is 2. The summed E-state index contributed by atoms with van der Waals surface area (Å²) in [6.07, 6.45) is 0.870. The van der Waals surface area contributed by atoms with Crippen LogP contribution in [0.2, 0.25) is 0 Å². The zero-order valence-electron chi connectivity index (χ0n) is 11.3. The molecule has 0 spiro atoms. The Morgan fingerprint density at radius 1 is 1.21 bits per heavy atom. The van der Waals surface area contributed by atoms with Crippen molar-refractivity contribution < 1.29 is 13.9 Å². The van der Waals surface area contributed by atoms with Crippen molar-refractivity contribution >= 4 is 27.3 Å². The van der Waals surface area contributed by atoms with Crippen molar-refractivity contribution in [1.82, 2.24) is 0 Å². The lowest BCUT2D eigenvalue weighted by molar-refractivity contribution is 0.191. The monoisotopic (exact) mass is 334 g/mol. The number of benzene rings is 1. The smallest absolute Gasteiger partial charge is 0.139 e. The Morgan fingerprint density at radius 2 is 1.89 bits per heavy atom. The number of methoxy groups -OCH3 is 2. The van der Waals surface area contributed by atoms with Gasteiger partial charge in [-0.2, -0.15) is 0 Å². The fourth-order valence-corrected chi connectivity index (χ4v) is 2.11. The van der Waals surface area contributed by atoms with Crippen LogP contribution in [-0.2, 0) is 9.47 Å². The summed E-state index contributed by atoms with van der Waals surface area (Å²) in [6.45, 7) is 2.73. The van der Waals surface area contributed by atoms with E-state index in [1.54, 1.807) is 20.3 Å². The van der Waals surface area contributed by atoms with E-state index in [2.05, 4.69) is 20.8 Å². The molecule has 0 aliphatic rings. The zero-order chi connectivity index (χ0) is 14.3. The minimum Gasteiger partial charge on any atom is -0.397 e. The molecule has 0 atom stereocenters. The highest BCUT2D eigenvalue weighted by Gasteiger charge is 2.13. The van der Waals surface area contributed by atoms with Crippen LogP contribution in [0, 0.1) is 5.82 Å². The summed E-state index contributed by atoms with van der Waals surface area (Å²) in [5.74, 6) is -0.357. The van der Waals surface area contributed by atoms with E-state index < -0.39 is 0 Å². The topological polar surface area (TPSA) is 47.7 Å². The Balaban J connectivity index is 2.85. The largest absolute Gasteiger partial charge is 0.397 e.